The molecule has 0 bridgehead atoms. The van der Waals surface area contributed by atoms with Crippen molar-refractivity contribution in [2.24, 2.45) is 17.6 Å². The fourth-order valence-corrected chi connectivity index (χ4v) is 2.94. The average Bonchev–Trinajstić information content (AvgIpc) is 2.35. The largest absolute Gasteiger partial charge is 0.330 e. The summed E-state index contributed by atoms with van der Waals surface area (Å²) in [6.45, 7) is 6.56. The zero-order valence-corrected chi connectivity index (χ0v) is 11.9. The summed E-state index contributed by atoms with van der Waals surface area (Å²) in [5.74, 6) is 1.96. The second-order valence-electron chi connectivity index (χ2n) is 5.92. The Morgan fingerprint density at radius 1 is 1.18 bits per heavy atom. The van der Waals surface area contributed by atoms with Crippen LogP contribution in [0, 0.1) is 11.8 Å². The second kappa shape index (κ2) is 8.93. The fraction of sp³-hybridized carbons (Fsp3) is 1.00. The maximum Gasteiger partial charge on any atom is 0.00508 e. The first kappa shape index (κ1) is 15.0. The van der Waals surface area contributed by atoms with Gasteiger partial charge in [-0.05, 0) is 51.1 Å². The molecule has 2 heteroatoms. The van der Waals surface area contributed by atoms with Gasteiger partial charge in [0.2, 0.25) is 0 Å². The van der Waals surface area contributed by atoms with E-state index in [0.29, 0.717) is 6.04 Å². The number of rotatable bonds is 8. The zero-order valence-electron chi connectivity index (χ0n) is 11.9. The summed E-state index contributed by atoms with van der Waals surface area (Å²) in [6.07, 6.45) is 11.2. The molecule has 1 fully saturated rings. The van der Waals surface area contributed by atoms with E-state index < -0.39 is 0 Å². The van der Waals surface area contributed by atoms with Crippen LogP contribution in [0.25, 0.3) is 0 Å². The smallest absolute Gasteiger partial charge is 0.00508 e. The standard InChI is InChI=1S/C15H32N2/c1-3-4-5-14-6-8-15(9-7-14)12-17-13(2)10-11-16/h13-15,17H,3-12,16H2,1-2H3. The van der Waals surface area contributed by atoms with Gasteiger partial charge >= 0.3 is 0 Å². The van der Waals surface area contributed by atoms with Crippen molar-refractivity contribution < 1.29 is 0 Å². The molecule has 3 N–H and O–H groups in total. The van der Waals surface area contributed by atoms with E-state index in [0.717, 1.165) is 24.8 Å². The SMILES string of the molecule is CCCCC1CCC(CNC(C)CCN)CC1. The molecule has 0 radical (unpaired) electrons. The van der Waals surface area contributed by atoms with Gasteiger partial charge in [-0.2, -0.15) is 0 Å². The molecule has 0 aromatic heterocycles. The third-order valence-electron chi connectivity index (χ3n) is 4.29. The number of hydrogen-bond acceptors (Lipinski definition) is 2. The minimum Gasteiger partial charge on any atom is -0.330 e. The molecule has 1 unspecified atom stereocenters. The van der Waals surface area contributed by atoms with Gasteiger partial charge in [-0.1, -0.05) is 39.0 Å². The predicted octanol–water partition coefficient (Wildman–Crippen LogP) is 3.31. The third kappa shape index (κ3) is 6.42. The molecule has 0 spiro atoms. The molecule has 0 aromatic carbocycles. The summed E-state index contributed by atoms with van der Waals surface area (Å²) >= 11 is 0. The molecule has 1 aliphatic rings. The highest BCUT2D eigenvalue weighted by molar-refractivity contribution is 4.75. The Kier molecular flexibility index (Phi) is 7.87. The highest BCUT2D eigenvalue weighted by Gasteiger charge is 2.20. The first-order chi connectivity index (χ1) is 8.26. The number of unbranched alkanes of at least 4 members (excludes halogenated alkanes) is 1. The van der Waals surface area contributed by atoms with Gasteiger partial charge in [0.25, 0.3) is 0 Å². The van der Waals surface area contributed by atoms with Crippen LogP contribution in [0.15, 0.2) is 0 Å². The zero-order chi connectivity index (χ0) is 12.5. The van der Waals surface area contributed by atoms with Gasteiger partial charge in [-0.3, -0.25) is 0 Å². The van der Waals surface area contributed by atoms with Gasteiger partial charge in [-0.25, -0.2) is 0 Å². The Morgan fingerprint density at radius 2 is 1.82 bits per heavy atom. The van der Waals surface area contributed by atoms with E-state index in [1.165, 1.54) is 51.5 Å². The third-order valence-corrected chi connectivity index (χ3v) is 4.29. The normalized spacial score (nSPS) is 27.0. The molecular weight excluding hydrogens is 208 g/mol. The molecule has 1 atom stereocenters. The minimum absolute atomic E-state index is 0.595. The van der Waals surface area contributed by atoms with Crippen molar-refractivity contribution in [1.29, 1.82) is 0 Å². The van der Waals surface area contributed by atoms with Crippen LogP contribution in [0.2, 0.25) is 0 Å². The lowest BCUT2D eigenvalue weighted by molar-refractivity contribution is 0.248. The highest BCUT2D eigenvalue weighted by Crippen LogP contribution is 2.31. The van der Waals surface area contributed by atoms with Crippen LogP contribution < -0.4 is 11.1 Å². The molecule has 1 saturated carbocycles. The lowest BCUT2D eigenvalue weighted by Gasteiger charge is -2.29. The quantitative estimate of drug-likeness (QED) is 0.683. The van der Waals surface area contributed by atoms with Crippen LogP contribution in [0.5, 0.6) is 0 Å². The molecule has 1 aliphatic carbocycles. The fourth-order valence-electron chi connectivity index (χ4n) is 2.94. The van der Waals surface area contributed by atoms with Gasteiger partial charge < -0.3 is 11.1 Å². The van der Waals surface area contributed by atoms with Crippen molar-refractivity contribution in [1.82, 2.24) is 5.32 Å². The van der Waals surface area contributed by atoms with Crippen molar-refractivity contribution in [2.75, 3.05) is 13.1 Å². The summed E-state index contributed by atoms with van der Waals surface area (Å²) < 4.78 is 0. The van der Waals surface area contributed by atoms with Gasteiger partial charge in [-0.15, -0.1) is 0 Å². The lowest BCUT2D eigenvalue weighted by atomic mass is 9.80. The second-order valence-corrected chi connectivity index (χ2v) is 5.92. The first-order valence-electron chi connectivity index (χ1n) is 7.69. The molecule has 1 rings (SSSR count). The number of nitrogens with two attached hydrogens (primary N) is 1. The average molecular weight is 240 g/mol. The number of hydrogen-bond donors (Lipinski definition) is 2. The molecule has 0 saturated heterocycles. The van der Waals surface area contributed by atoms with Crippen LogP contribution >= 0.6 is 0 Å². The molecule has 0 aliphatic heterocycles. The van der Waals surface area contributed by atoms with Crippen molar-refractivity contribution in [2.45, 2.75) is 71.3 Å². The maximum absolute atomic E-state index is 5.56. The van der Waals surface area contributed by atoms with E-state index in [4.69, 9.17) is 5.73 Å². The highest BCUT2D eigenvalue weighted by atomic mass is 14.9. The van der Waals surface area contributed by atoms with Crippen molar-refractivity contribution in [3.8, 4) is 0 Å². The summed E-state index contributed by atoms with van der Waals surface area (Å²) in [5, 5.41) is 3.63. The van der Waals surface area contributed by atoms with E-state index >= 15 is 0 Å². The van der Waals surface area contributed by atoms with Crippen LogP contribution in [0.4, 0.5) is 0 Å². The van der Waals surface area contributed by atoms with Gasteiger partial charge in [0.15, 0.2) is 0 Å². The molecule has 102 valence electrons. The van der Waals surface area contributed by atoms with Crippen LogP contribution in [-0.2, 0) is 0 Å². The van der Waals surface area contributed by atoms with Gasteiger partial charge in [0.1, 0.15) is 0 Å². The minimum atomic E-state index is 0.595. The van der Waals surface area contributed by atoms with Crippen LogP contribution in [0.1, 0.15) is 65.2 Å². The van der Waals surface area contributed by atoms with E-state index in [1.807, 2.05) is 0 Å². The summed E-state index contributed by atoms with van der Waals surface area (Å²) in [6, 6.07) is 0.595. The molecular formula is C15H32N2. The Hall–Kier alpha value is -0.0800. The molecule has 0 aromatic rings. The van der Waals surface area contributed by atoms with Gasteiger partial charge in [0, 0.05) is 6.04 Å². The topological polar surface area (TPSA) is 38.0 Å². The van der Waals surface area contributed by atoms with Crippen molar-refractivity contribution in [3.63, 3.8) is 0 Å². The first-order valence-corrected chi connectivity index (χ1v) is 7.69. The Labute approximate surface area is 108 Å². The van der Waals surface area contributed by atoms with E-state index in [9.17, 15) is 0 Å². The number of nitrogens with one attached hydrogen (secondary N) is 1. The van der Waals surface area contributed by atoms with Gasteiger partial charge in [0.05, 0.1) is 0 Å². The van der Waals surface area contributed by atoms with Crippen molar-refractivity contribution >= 4 is 0 Å². The summed E-state index contributed by atoms with van der Waals surface area (Å²) in [7, 11) is 0. The Morgan fingerprint density at radius 3 is 2.41 bits per heavy atom. The predicted molar refractivity (Wildman–Crippen MR) is 76.1 cm³/mol. The molecule has 2 nitrogen and oxygen atoms in total. The van der Waals surface area contributed by atoms with Crippen LogP contribution in [-0.4, -0.2) is 19.1 Å². The monoisotopic (exact) mass is 240 g/mol. The molecule has 0 amide bonds. The lowest BCUT2D eigenvalue weighted by Crippen LogP contribution is -2.34. The van der Waals surface area contributed by atoms with Crippen molar-refractivity contribution in [3.05, 3.63) is 0 Å². The van der Waals surface area contributed by atoms with E-state index in [-0.39, 0.29) is 0 Å². The van der Waals surface area contributed by atoms with Crippen LogP contribution in [0.3, 0.4) is 0 Å². The summed E-state index contributed by atoms with van der Waals surface area (Å²) in [5.41, 5.74) is 5.56. The summed E-state index contributed by atoms with van der Waals surface area (Å²) in [4.78, 5) is 0. The molecule has 0 heterocycles. The Balaban J connectivity index is 2.06. The Bertz CT molecular complexity index is 174. The maximum atomic E-state index is 5.56. The van der Waals surface area contributed by atoms with E-state index in [2.05, 4.69) is 19.2 Å². The molecule has 17 heavy (non-hydrogen) atoms. The van der Waals surface area contributed by atoms with E-state index in [1.54, 1.807) is 0 Å².